The summed E-state index contributed by atoms with van der Waals surface area (Å²) in [6.45, 7) is 7.00. The Morgan fingerprint density at radius 3 is 3.17 bits per heavy atom. The van der Waals surface area contributed by atoms with Gasteiger partial charge in [-0.15, -0.1) is 0 Å². The number of aromatic amines is 1. The highest BCUT2D eigenvalue weighted by Gasteiger charge is 2.26. The van der Waals surface area contributed by atoms with E-state index < -0.39 is 11.8 Å². The third kappa shape index (κ3) is 3.93. The lowest BCUT2D eigenvalue weighted by atomic mass is 10.1. The minimum atomic E-state index is -0.517. The number of hydrogen-bond acceptors (Lipinski definition) is 5. The topological polar surface area (TPSA) is 90.6 Å². The molecular weight excluding hydrogens is 310 g/mol. The van der Waals surface area contributed by atoms with Crippen LogP contribution in [-0.4, -0.2) is 77.2 Å². The van der Waals surface area contributed by atoms with Gasteiger partial charge in [0.1, 0.15) is 0 Å². The van der Waals surface area contributed by atoms with Gasteiger partial charge in [0.15, 0.2) is 0 Å². The van der Waals surface area contributed by atoms with Gasteiger partial charge < -0.3 is 15.0 Å². The van der Waals surface area contributed by atoms with E-state index in [2.05, 4.69) is 27.3 Å². The lowest BCUT2D eigenvalue weighted by Crippen LogP contribution is -2.46. The Hall–Kier alpha value is -1.93. The molecule has 24 heavy (non-hydrogen) atoms. The Morgan fingerprint density at radius 1 is 1.46 bits per heavy atom. The average Bonchev–Trinajstić information content (AvgIpc) is 3.07. The molecule has 1 aromatic heterocycles. The lowest BCUT2D eigenvalue weighted by Gasteiger charge is -2.33. The van der Waals surface area contributed by atoms with Crippen LogP contribution in [0.4, 0.5) is 0 Å². The molecule has 8 heteroatoms. The minimum absolute atomic E-state index is 0.411. The van der Waals surface area contributed by atoms with Gasteiger partial charge in [-0.05, 0) is 13.3 Å². The quantitative estimate of drug-likeness (QED) is 0.573. The molecule has 3 rings (SSSR count). The van der Waals surface area contributed by atoms with Crippen LogP contribution in [0, 0.1) is 0 Å². The summed E-state index contributed by atoms with van der Waals surface area (Å²) in [4.78, 5) is 28.2. The van der Waals surface area contributed by atoms with Crippen LogP contribution in [0.25, 0.3) is 0 Å². The summed E-state index contributed by atoms with van der Waals surface area (Å²) in [5, 5.41) is 9.64. The number of H-pyrrole nitrogens is 1. The Bertz CT molecular complexity index is 588. The summed E-state index contributed by atoms with van der Waals surface area (Å²) in [6.07, 6.45) is 3.26. The van der Waals surface area contributed by atoms with E-state index in [-0.39, 0.29) is 0 Å². The number of morpholine rings is 1. The maximum absolute atomic E-state index is 12.2. The molecule has 8 nitrogen and oxygen atoms in total. The number of nitrogens with one attached hydrogen (secondary N) is 2. The molecule has 2 amide bonds. The molecule has 0 bridgehead atoms. The van der Waals surface area contributed by atoms with E-state index in [1.807, 2.05) is 0 Å². The fourth-order valence-electron chi connectivity index (χ4n) is 3.19. The van der Waals surface area contributed by atoms with Gasteiger partial charge in [-0.25, -0.2) is 0 Å². The first-order chi connectivity index (χ1) is 11.6. The van der Waals surface area contributed by atoms with Crippen molar-refractivity contribution in [3.8, 4) is 0 Å². The molecule has 1 aromatic rings. The van der Waals surface area contributed by atoms with Crippen LogP contribution < -0.4 is 5.32 Å². The van der Waals surface area contributed by atoms with Crippen molar-refractivity contribution in [2.45, 2.75) is 32.4 Å². The maximum Gasteiger partial charge on any atom is 0.312 e. The zero-order chi connectivity index (χ0) is 16.9. The Balaban J connectivity index is 1.38. The fraction of sp³-hybridized carbons (Fsp3) is 0.688. The second kappa shape index (κ2) is 7.76. The zero-order valence-electron chi connectivity index (χ0n) is 14.1. The number of rotatable bonds is 4. The van der Waals surface area contributed by atoms with Gasteiger partial charge in [0.25, 0.3) is 0 Å². The first-order valence-corrected chi connectivity index (χ1v) is 8.55. The SMILES string of the molecule is C[C@H]1COCCN1CCCNC(=O)C(=O)N1CCc2[nH]ncc2C1. The van der Waals surface area contributed by atoms with Crippen LogP contribution in [-0.2, 0) is 27.3 Å². The van der Waals surface area contributed by atoms with Crippen LogP contribution in [0.1, 0.15) is 24.6 Å². The third-order valence-corrected chi connectivity index (χ3v) is 4.69. The normalized spacial score (nSPS) is 21.4. The molecule has 0 radical (unpaired) electrons. The monoisotopic (exact) mass is 335 g/mol. The number of aromatic nitrogens is 2. The second-order valence-electron chi connectivity index (χ2n) is 6.42. The van der Waals surface area contributed by atoms with Crippen molar-refractivity contribution in [3.63, 3.8) is 0 Å². The number of fused-ring (bicyclic) bond motifs is 1. The van der Waals surface area contributed by atoms with Gasteiger partial charge in [-0.1, -0.05) is 0 Å². The van der Waals surface area contributed by atoms with Gasteiger partial charge in [-0.3, -0.25) is 19.6 Å². The molecule has 1 fully saturated rings. The van der Waals surface area contributed by atoms with Crippen molar-refractivity contribution in [3.05, 3.63) is 17.5 Å². The number of carbonyl (C=O) groups excluding carboxylic acids is 2. The first kappa shape index (κ1) is 16.9. The van der Waals surface area contributed by atoms with Gasteiger partial charge in [0, 0.05) is 56.4 Å². The Kier molecular flexibility index (Phi) is 5.47. The van der Waals surface area contributed by atoms with E-state index in [9.17, 15) is 9.59 Å². The van der Waals surface area contributed by atoms with Crippen LogP contribution in [0.2, 0.25) is 0 Å². The predicted octanol–water partition coefficient (Wildman–Crippen LogP) is -0.479. The van der Waals surface area contributed by atoms with E-state index in [0.29, 0.717) is 32.1 Å². The molecule has 2 aliphatic rings. The molecule has 1 atom stereocenters. The van der Waals surface area contributed by atoms with E-state index in [4.69, 9.17) is 4.74 Å². The zero-order valence-corrected chi connectivity index (χ0v) is 14.1. The summed E-state index contributed by atoms with van der Waals surface area (Å²) in [7, 11) is 0. The van der Waals surface area contributed by atoms with E-state index >= 15 is 0 Å². The molecule has 0 spiro atoms. The first-order valence-electron chi connectivity index (χ1n) is 8.55. The van der Waals surface area contributed by atoms with Gasteiger partial charge >= 0.3 is 11.8 Å². The number of hydrogen-bond donors (Lipinski definition) is 2. The molecule has 2 N–H and O–H groups in total. The summed E-state index contributed by atoms with van der Waals surface area (Å²) in [5.74, 6) is -0.974. The second-order valence-corrected chi connectivity index (χ2v) is 6.42. The number of ether oxygens (including phenoxy) is 1. The average molecular weight is 335 g/mol. The standard InChI is InChI=1S/C16H25N5O3/c1-12-11-24-8-7-20(12)5-2-4-17-15(22)16(23)21-6-3-14-13(10-21)9-18-19-14/h9,12H,2-8,10-11H2,1H3,(H,17,22)(H,18,19)/t12-/m0/s1. The van der Waals surface area contributed by atoms with Gasteiger partial charge in [0.2, 0.25) is 0 Å². The van der Waals surface area contributed by atoms with Crippen molar-refractivity contribution in [1.29, 1.82) is 0 Å². The molecule has 0 saturated carbocycles. The van der Waals surface area contributed by atoms with E-state index in [0.717, 1.165) is 44.0 Å². The third-order valence-electron chi connectivity index (χ3n) is 4.69. The maximum atomic E-state index is 12.2. The smallest absolute Gasteiger partial charge is 0.312 e. The summed E-state index contributed by atoms with van der Waals surface area (Å²) >= 11 is 0. The number of carbonyl (C=O) groups is 2. The summed E-state index contributed by atoms with van der Waals surface area (Å²) in [5.41, 5.74) is 2.04. The number of amides is 2. The van der Waals surface area contributed by atoms with Crippen LogP contribution in [0.15, 0.2) is 6.20 Å². The molecule has 0 aromatic carbocycles. The molecular formula is C16H25N5O3. The van der Waals surface area contributed by atoms with Gasteiger partial charge in [0.05, 0.1) is 19.4 Å². The summed E-state index contributed by atoms with van der Waals surface area (Å²) in [6, 6.07) is 0.411. The molecule has 132 valence electrons. The highest BCUT2D eigenvalue weighted by Crippen LogP contribution is 2.15. The highest BCUT2D eigenvalue weighted by molar-refractivity contribution is 6.35. The van der Waals surface area contributed by atoms with E-state index in [1.165, 1.54) is 0 Å². The van der Waals surface area contributed by atoms with Crippen molar-refractivity contribution < 1.29 is 14.3 Å². The lowest BCUT2D eigenvalue weighted by molar-refractivity contribution is -0.146. The molecule has 1 saturated heterocycles. The largest absolute Gasteiger partial charge is 0.379 e. The molecule has 3 heterocycles. The number of nitrogens with zero attached hydrogens (tertiary/aromatic N) is 3. The Morgan fingerprint density at radius 2 is 2.33 bits per heavy atom. The predicted molar refractivity (Wildman–Crippen MR) is 87.2 cm³/mol. The fourth-order valence-corrected chi connectivity index (χ4v) is 3.19. The molecule has 0 unspecified atom stereocenters. The Labute approximate surface area is 141 Å². The minimum Gasteiger partial charge on any atom is -0.379 e. The van der Waals surface area contributed by atoms with Crippen LogP contribution in [0.3, 0.4) is 0 Å². The van der Waals surface area contributed by atoms with Crippen molar-refractivity contribution in [2.24, 2.45) is 0 Å². The van der Waals surface area contributed by atoms with Crippen molar-refractivity contribution >= 4 is 11.8 Å². The van der Waals surface area contributed by atoms with Crippen molar-refractivity contribution in [1.82, 2.24) is 25.3 Å². The highest BCUT2D eigenvalue weighted by atomic mass is 16.5. The molecule has 2 aliphatic heterocycles. The van der Waals surface area contributed by atoms with Gasteiger partial charge in [-0.2, -0.15) is 5.10 Å². The molecule has 0 aliphatic carbocycles. The van der Waals surface area contributed by atoms with Crippen LogP contribution >= 0.6 is 0 Å². The van der Waals surface area contributed by atoms with E-state index in [1.54, 1.807) is 11.1 Å². The van der Waals surface area contributed by atoms with Crippen molar-refractivity contribution in [2.75, 3.05) is 39.4 Å². The van der Waals surface area contributed by atoms with Crippen LogP contribution in [0.5, 0.6) is 0 Å². The summed E-state index contributed by atoms with van der Waals surface area (Å²) < 4.78 is 5.41.